The number of rotatable bonds is 13. The molecule has 0 saturated carbocycles. The van der Waals surface area contributed by atoms with E-state index < -0.39 is 117 Å². The lowest BCUT2D eigenvalue weighted by atomic mass is 9.97. The highest BCUT2D eigenvalue weighted by Gasteiger charge is 2.48. The molecule has 1 unspecified atom stereocenters. The minimum atomic E-state index is -2.09. The van der Waals surface area contributed by atoms with Crippen LogP contribution in [0.2, 0.25) is 0 Å². The molecule has 11 N–H and O–H groups in total. The molecule has 2 saturated heterocycles. The van der Waals surface area contributed by atoms with Crippen LogP contribution in [-0.4, -0.2) is 193 Å². The van der Waals surface area contributed by atoms with Gasteiger partial charge in [-0.1, -0.05) is 0 Å². The van der Waals surface area contributed by atoms with Gasteiger partial charge in [0.05, 0.1) is 25.9 Å². The van der Waals surface area contributed by atoms with Crippen LogP contribution >= 0.6 is 0 Å². The summed E-state index contributed by atoms with van der Waals surface area (Å²) < 4.78 is 21.0. The number of Topliss-reactive ketones (excluding diaryl/α,β-unsaturated/α-hetero) is 1. The minimum absolute atomic E-state index is 0.615. The lowest BCUT2D eigenvalue weighted by molar-refractivity contribution is -0.333. The van der Waals surface area contributed by atoms with Crippen molar-refractivity contribution in [2.45, 2.75) is 98.8 Å². The second-order valence-electron chi connectivity index (χ2n) is 9.91. The van der Waals surface area contributed by atoms with Gasteiger partial charge in [-0.15, -0.1) is 0 Å². The van der Waals surface area contributed by atoms with Crippen molar-refractivity contribution in [3.8, 4) is 0 Å². The molecule has 39 heavy (non-hydrogen) atoms. The minimum Gasteiger partial charge on any atom is -0.394 e. The zero-order valence-electron chi connectivity index (χ0n) is 21.7. The second-order valence-corrected chi connectivity index (χ2v) is 9.91. The van der Waals surface area contributed by atoms with Gasteiger partial charge in [-0.05, 0) is 21.0 Å². The molecule has 0 bridgehead atoms. The maximum atomic E-state index is 12.2. The van der Waals surface area contributed by atoms with Gasteiger partial charge in [0.2, 0.25) is 0 Å². The normalized spacial score (nSPS) is 39.7. The Labute approximate surface area is 224 Å². The van der Waals surface area contributed by atoms with E-state index in [2.05, 4.69) is 0 Å². The molecule has 0 spiro atoms. The van der Waals surface area contributed by atoms with Crippen molar-refractivity contribution in [2.24, 2.45) is 0 Å². The molecule has 2 fully saturated rings. The SMILES string of the molecule is CC(C(=O)[C@H](O)[C@@H](O)[C@H](O)[C@H](O)CO[C@H]1O[C@H](CO[C@H]2O[C@H](CO)[C@@H](O)[C@H](O)[C@H]2O)[C@@H](O)[C@H](O)[C@H]1O)N(C)C. The Kier molecular flexibility index (Phi) is 13.0. The number of ether oxygens (including phenoxy) is 4. The van der Waals surface area contributed by atoms with Crippen LogP contribution in [0.25, 0.3) is 0 Å². The molecule has 0 aliphatic carbocycles. The highest BCUT2D eigenvalue weighted by atomic mass is 16.7. The zero-order valence-corrected chi connectivity index (χ0v) is 21.7. The monoisotopic (exact) mass is 575 g/mol. The first-order chi connectivity index (χ1) is 18.1. The molecule has 2 aliphatic rings. The highest BCUT2D eigenvalue weighted by Crippen LogP contribution is 2.26. The van der Waals surface area contributed by atoms with E-state index in [1.54, 1.807) is 14.1 Å². The second kappa shape index (κ2) is 14.8. The molecule has 230 valence electrons. The fraction of sp³-hybridized carbons (Fsp3) is 0.955. The van der Waals surface area contributed by atoms with Crippen molar-refractivity contribution in [1.82, 2.24) is 4.90 Å². The van der Waals surface area contributed by atoms with E-state index in [1.165, 1.54) is 11.8 Å². The van der Waals surface area contributed by atoms with Gasteiger partial charge in [0.15, 0.2) is 18.4 Å². The van der Waals surface area contributed by atoms with E-state index in [0.29, 0.717) is 0 Å². The summed E-state index contributed by atoms with van der Waals surface area (Å²) in [6.45, 7) is -0.691. The fourth-order valence-corrected chi connectivity index (χ4v) is 3.96. The van der Waals surface area contributed by atoms with Crippen molar-refractivity contribution in [2.75, 3.05) is 33.9 Å². The van der Waals surface area contributed by atoms with E-state index in [4.69, 9.17) is 18.9 Å². The van der Waals surface area contributed by atoms with Crippen LogP contribution in [-0.2, 0) is 23.7 Å². The molecule has 0 aromatic heterocycles. The molecule has 2 heterocycles. The number of hydrogen-bond donors (Lipinski definition) is 11. The summed E-state index contributed by atoms with van der Waals surface area (Å²) in [5, 5.41) is 110. The first-order valence-electron chi connectivity index (χ1n) is 12.3. The van der Waals surface area contributed by atoms with E-state index in [0.717, 1.165) is 0 Å². The van der Waals surface area contributed by atoms with Crippen LogP contribution in [0.3, 0.4) is 0 Å². The van der Waals surface area contributed by atoms with E-state index in [9.17, 15) is 61.0 Å². The van der Waals surface area contributed by atoms with Gasteiger partial charge < -0.3 is 75.1 Å². The Bertz CT molecular complexity index is 760. The number of likely N-dealkylation sites (N-methyl/N-ethyl adjacent to an activating group) is 1. The number of hydrogen-bond acceptors (Lipinski definition) is 17. The summed E-state index contributed by atoms with van der Waals surface area (Å²) in [5.41, 5.74) is 0. The van der Waals surface area contributed by atoms with Crippen molar-refractivity contribution >= 4 is 5.78 Å². The summed E-state index contributed by atoms with van der Waals surface area (Å²) in [5.74, 6) is -0.815. The number of carbonyl (C=O) groups excluding carboxylic acids is 1. The quantitative estimate of drug-likeness (QED) is 0.0972. The Balaban J connectivity index is 1.96. The number of ketones is 1. The molecule has 2 aliphatic heterocycles. The van der Waals surface area contributed by atoms with Crippen LogP contribution in [0.1, 0.15) is 6.92 Å². The lowest BCUT2D eigenvalue weighted by Gasteiger charge is -2.42. The average molecular weight is 576 g/mol. The molecule has 15 atom stereocenters. The first kappa shape index (κ1) is 34.2. The molecule has 0 aromatic rings. The fourth-order valence-electron chi connectivity index (χ4n) is 3.96. The zero-order chi connectivity index (χ0) is 29.8. The molecular weight excluding hydrogens is 534 g/mol. The predicted octanol–water partition coefficient (Wildman–Crippen LogP) is -7.41. The molecular formula is C22H41NO16. The van der Waals surface area contributed by atoms with Crippen molar-refractivity contribution < 1.29 is 79.9 Å². The summed E-state index contributed by atoms with van der Waals surface area (Å²) in [4.78, 5) is 13.7. The van der Waals surface area contributed by atoms with E-state index in [1.807, 2.05) is 0 Å². The third-order valence-electron chi connectivity index (χ3n) is 6.92. The molecule has 0 amide bonds. The summed E-state index contributed by atoms with van der Waals surface area (Å²) >= 11 is 0. The largest absolute Gasteiger partial charge is 0.394 e. The number of aliphatic hydroxyl groups excluding tert-OH is 11. The van der Waals surface area contributed by atoms with Crippen LogP contribution in [0.4, 0.5) is 0 Å². The van der Waals surface area contributed by atoms with Crippen molar-refractivity contribution in [3.05, 3.63) is 0 Å². The van der Waals surface area contributed by atoms with E-state index >= 15 is 0 Å². The summed E-state index contributed by atoms with van der Waals surface area (Å²) in [7, 11) is 3.12. The van der Waals surface area contributed by atoms with Gasteiger partial charge in [0, 0.05) is 0 Å². The number of aliphatic hydroxyl groups is 11. The van der Waals surface area contributed by atoms with Crippen molar-refractivity contribution in [3.63, 3.8) is 0 Å². The molecule has 17 nitrogen and oxygen atoms in total. The maximum absolute atomic E-state index is 12.2. The van der Waals surface area contributed by atoms with Gasteiger partial charge in [0.25, 0.3) is 0 Å². The predicted molar refractivity (Wildman–Crippen MR) is 125 cm³/mol. The third-order valence-corrected chi connectivity index (χ3v) is 6.92. The van der Waals surface area contributed by atoms with Crippen molar-refractivity contribution in [1.29, 1.82) is 0 Å². The van der Waals surface area contributed by atoms with Gasteiger partial charge >= 0.3 is 0 Å². The average Bonchev–Trinajstić information content (AvgIpc) is 2.92. The Morgan fingerprint density at radius 3 is 1.77 bits per heavy atom. The van der Waals surface area contributed by atoms with Gasteiger partial charge in [-0.25, -0.2) is 0 Å². The van der Waals surface area contributed by atoms with Crippen LogP contribution < -0.4 is 0 Å². The van der Waals surface area contributed by atoms with Crippen LogP contribution in [0.5, 0.6) is 0 Å². The van der Waals surface area contributed by atoms with Gasteiger partial charge in [0.1, 0.15) is 73.2 Å². The first-order valence-corrected chi connectivity index (χ1v) is 12.3. The highest BCUT2D eigenvalue weighted by molar-refractivity contribution is 5.88. The topological polar surface area (TPSA) is 280 Å². The Morgan fingerprint density at radius 2 is 1.26 bits per heavy atom. The van der Waals surface area contributed by atoms with Crippen LogP contribution in [0.15, 0.2) is 0 Å². The van der Waals surface area contributed by atoms with Gasteiger partial charge in [-0.3, -0.25) is 9.69 Å². The molecule has 2 rings (SSSR count). The summed E-state index contributed by atoms with van der Waals surface area (Å²) in [6, 6.07) is -0.809. The summed E-state index contributed by atoms with van der Waals surface area (Å²) in [6.07, 6.45) is -24.7. The van der Waals surface area contributed by atoms with Gasteiger partial charge in [-0.2, -0.15) is 0 Å². The number of nitrogens with zero attached hydrogens (tertiary/aromatic N) is 1. The molecule has 17 heteroatoms. The smallest absolute Gasteiger partial charge is 0.186 e. The third kappa shape index (κ3) is 8.07. The maximum Gasteiger partial charge on any atom is 0.186 e. The lowest BCUT2D eigenvalue weighted by Crippen LogP contribution is -2.62. The standard InChI is InChI=1S/C22H41NO16/c1-7(23(2)3)11(26)15(30)16(31)12(27)8(25)5-36-21-20(35)18(33)14(29)10(39-21)6-37-22-19(34)17(32)13(28)9(4-24)38-22/h7-10,12-22,24-25,27-35H,4-6H2,1-3H3/t7?,8-,9-,10-,12-,13-,14-,15+,16+,17+,18+,19-,20-,21+,22+/m1/s1. The number of carbonyl (C=O) groups is 1. The van der Waals surface area contributed by atoms with Crippen LogP contribution in [0, 0.1) is 0 Å². The Morgan fingerprint density at radius 1 is 0.769 bits per heavy atom. The molecule has 0 radical (unpaired) electrons. The van der Waals surface area contributed by atoms with E-state index in [-0.39, 0.29) is 0 Å². The Hall–Kier alpha value is -0.970. The molecule has 0 aromatic carbocycles.